The molecule has 0 bridgehead atoms. The van der Waals surface area contributed by atoms with Crippen molar-refractivity contribution in [1.82, 2.24) is 10.0 Å². The maximum Gasteiger partial charge on any atom is 0.213 e. The van der Waals surface area contributed by atoms with Crippen LogP contribution in [0.2, 0.25) is 0 Å². The van der Waals surface area contributed by atoms with Gasteiger partial charge in [-0.2, -0.15) is 0 Å². The van der Waals surface area contributed by atoms with Crippen molar-refractivity contribution >= 4 is 10.0 Å². The first-order valence-electron chi connectivity index (χ1n) is 7.35. The summed E-state index contributed by atoms with van der Waals surface area (Å²) in [7, 11) is -3.08. The molecule has 1 unspecified atom stereocenters. The third kappa shape index (κ3) is 3.45. The van der Waals surface area contributed by atoms with E-state index in [1.807, 2.05) is 0 Å². The van der Waals surface area contributed by atoms with E-state index in [0.717, 1.165) is 31.2 Å². The van der Waals surface area contributed by atoms with Crippen LogP contribution < -0.4 is 10.0 Å². The number of hydrogen-bond donors (Lipinski definition) is 2. The Morgan fingerprint density at radius 2 is 1.78 bits per heavy atom. The average Bonchev–Trinajstić information content (AvgIpc) is 3.22. The highest BCUT2D eigenvalue weighted by molar-refractivity contribution is 7.89. The number of sulfonamides is 1. The van der Waals surface area contributed by atoms with Gasteiger partial charge in [-0.05, 0) is 62.8 Å². The lowest BCUT2D eigenvalue weighted by Crippen LogP contribution is -2.39. The fraction of sp³-hybridized carbons (Fsp3) is 1.00. The van der Waals surface area contributed by atoms with Crippen molar-refractivity contribution in [3.8, 4) is 0 Å². The molecule has 0 aromatic rings. The Labute approximate surface area is 110 Å². The Hall–Kier alpha value is -0.130. The molecular formula is C13H24N2O2S. The quantitative estimate of drug-likeness (QED) is 0.729. The van der Waals surface area contributed by atoms with Crippen LogP contribution in [0.25, 0.3) is 0 Å². The van der Waals surface area contributed by atoms with Gasteiger partial charge in [0.1, 0.15) is 0 Å². The van der Waals surface area contributed by atoms with E-state index in [9.17, 15) is 8.42 Å². The summed E-state index contributed by atoms with van der Waals surface area (Å²) >= 11 is 0. The van der Waals surface area contributed by atoms with Gasteiger partial charge in [0.15, 0.2) is 0 Å². The van der Waals surface area contributed by atoms with Gasteiger partial charge in [0.25, 0.3) is 0 Å². The van der Waals surface area contributed by atoms with E-state index in [0.29, 0.717) is 12.5 Å². The van der Waals surface area contributed by atoms with Crippen molar-refractivity contribution < 1.29 is 8.42 Å². The van der Waals surface area contributed by atoms with Gasteiger partial charge in [-0.1, -0.05) is 0 Å². The lowest BCUT2D eigenvalue weighted by molar-refractivity contribution is 0.401. The van der Waals surface area contributed by atoms with Crippen LogP contribution in [0.5, 0.6) is 0 Å². The zero-order valence-corrected chi connectivity index (χ0v) is 11.7. The predicted octanol–water partition coefficient (Wildman–Crippen LogP) is 1.09. The maximum absolute atomic E-state index is 12.0. The lowest BCUT2D eigenvalue weighted by atomic mass is 9.99. The van der Waals surface area contributed by atoms with Crippen LogP contribution in [-0.2, 0) is 10.0 Å². The second kappa shape index (κ2) is 5.10. The molecule has 3 rings (SSSR count). The Balaban J connectivity index is 1.47. The van der Waals surface area contributed by atoms with Crippen molar-refractivity contribution in [3.05, 3.63) is 0 Å². The van der Waals surface area contributed by atoms with E-state index in [2.05, 4.69) is 10.0 Å². The zero-order valence-electron chi connectivity index (χ0n) is 10.9. The summed E-state index contributed by atoms with van der Waals surface area (Å²) in [6.45, 7) is 1.65. The van der Waals surface area contributed by atoms with E-state index in [1.54, 1.807) is 0 Å². The second-order valence-electron chi connectivity index (χ2n) is 6.26. The summed E-state index contributed by atoms with van der Waals surface area (Å²) in [6.07, 6.45) is 7.35. The SMILES string of the molecule is O=S(=O)(CC1CCCN1)NCC(C1CC1)C1CC1. The van der Waals surface area contributed by atoms with Crippen LogP contribution in [0.3, 0.4) is 0 Å². The average molecular weight is 272 g/mol. The highest BCUT2D eigenvalue weighted by Crippen LogP contribution is 2.48. The number of hydrogen-bond acceptors (Lipinski definition) is 3. The molecule has 2 N–H and O–H groups in total. The summed E-state index contributed by atoms with van der Waals surface area (Å²) in [5.41, 5.74) is 0. The van der Waals surface area contributed by atoms with Gasteiger partial charge >= 0.3 is 0 Å². The summed E-state index contributed by atoms with van der Waals surface area (Å²) in [5, 5.41) is 3.25. The normalized spacial score (nSPS) is 29.1. The monoisotopic (exact) mass is 272 g/mol. The standard InChI is InChI=1S/C13H24N2O2S/c16-18(17,9-12-2-1-7-14-12)15-8-13(10-3-4-10)11-5-6-11/h10-15H,1-9H2. The summed E-state index contributed by atoms with van der Waals surface area (Å²) < 4.78 is 26.9. The molecular weight excluding hydrogens is 248 g/mol. The Kier molecular flexibility index (Phi) is 3.65. The van der Waals surface area contributed by atoms with Crippen LogP contribution in [0, 0.1) is 17.8 Å². The molecule has 1 saturated heterocycles. The van der Waals surface area contributed by atoms with Crippen LogP contribution >= 0.6 is 0 Å². The molecule has 4 nitrogen and oxygen atoms in total. The molecule has 2 saturated carbocycles. The van der Waals surface area contributed by atoms with Crippen molar-refractivity contribution in [3.63, 3.8) is 0 Å². The van der Waals surface area contributed by atoms with Crippen LogP contribution in [0.1, 0.15) is 38.5 Å². The van der Waals surface area contributed by atoms with Gasteiger partial charge in [0.2, 0.25) is 10.0 Å². The minimum Gasteiger partial charge on any atom is -0.313 e. The molecule has 0 spiro atoms. The largest absolute Gasteiger partial charge is 0.313 e. The first-order valence-corrected chi connectivity index (χ1v) is 9.00. The molecule has 3 aliphatic rings. The van der Waals surface area contributed by atoms with Crippen molar-refractivity contribution in [2.45, 2.75) is 44.6 Å². The number of rotatable bonds is 7. The van der Waals surface area contributed by atoms with Gasteiger partial charge in [-0.25, -0.2) is 13.1 Å². The van der Waals surface area contributed by atoms with Gasteiger partial charge in [0, 0.05) is 12.6 Å². The van der Waals surface area contributed by atoms with E-state index in [4.69, 9.17) is 0 Å². The fourth-order valence-corrected chi connectivity index (χ4v) is 4.59. The van der Waals surface area contributed by atoms with E-state index >= 15 is 0 Å². The topological polar surface area (TPSA) is 58.2 Å². The Bertz CT molecular complexity index is 370. The van der Waals surface area contributed by atoms with Crippen molar-refractivity contribution in [2.24, 2.45) is 17.8 Å². The van der Waals surface area contributed by atoms with E-state index < -0.39 is 10.0 Å². The minimum absolute atomic E-state index is 0.169. The third-order valence-electron chi connectivity index (χ3n) is 4.58. The first kappa shape index (κ1) is 12.9. The van der Waals surface area contributed by atoms with E-state index in [-0.39, 0.29) is 11.8 Å². The third-order valence-corrected chi connectivity index (χ3v) is 6.02. The molecule has 5 heteroatoms. The minimum atomic E-state index is -3.08. The van der Waals surface area contributed by atoms with Gasteiger partial charge in [-0.15, -0.1) is 0 Å². The summed E-state index contributed by atoms with van der Waals surface area (Å²) in [5.74, 6) is 2.50. The first-order chi connectivity index (χ1) is 8.64. The molecule has 3 fully saturated rings. The molecule has 104 valence electrons. The van der Waals surface area contributed by atoms with Crippen molar-refractivity contribution in [1.29, 1.82) is 0 Å². The Morgan fingerprint density at radius 3 is 2.28 bits per heavy atom. The molecule has 1 aliphatic heterocycles. The predicted molar refractivity (Wildman–Crippen MR) is 71.8 cm³/mol. The van der Waals surface area contributed by atoms with Crippen LogP contribution in [-0.4, -0.2) is 33.3 Å². The van der Waals surface area contributed by atoms with Gasteiger partial charge in [0.05, 0.1) is 5.75 Å². The lowest BCUT2D eigenvalue weighted by Gasteiger charge is -2.17. The zero-order chi connectivity index (χ0) is 12.6. The highest BCUT2D eigenvalue weighted by atomic mass is 32.2. The van der Waals surface area contributed by atoms with Crippen molar-refractivity contribution in [2.75, 3.05) is 18.8 Å². The fourth-order valence-electron chi connectivity index (χ4n) is 3.21. The second-order valence-corrected chi connectivity index (χ2v) is 8.11. The Morgan fingerprint density at radius 1 is 1.11 bits per heavy atom. The molecule has 2 aliphatic carbocycles. The highest BCUT2D eigenvalue weighted by Gasteiger charge is 2.41. The molecule has 1 atom stereocenters. The smallest absolute Gasteiger partial charge is 0.213 e. The van der Waals surface area contributed by atoms with Gasteiger partial charge < -0.3 is 5.32 Å². The van der Waals surface area contributed by atoms with Crippen LogP contribution in [0.4, 0.5) is 0 Å². The van der Waals surface area contributed by atoms with Gasteiger partial charge in [-0.3, -0.25) is 0 Å². The molecule has 0 aromatic heterocycles. The molecule has 0 radical (unpaired) electrons. The molecule has 0 aromatic carbocycles. The molecule has 0 amide bonds. The summed E-state index contributed by atoms with van der Waals surface area (Å²) in [6, 6.07) is 0.169. The van der Waals surface area contributed by atoms with Crippen LogP contribution in [0.15, 0.2) is 0 Å². The summed E-state index contributed by atoms with van der Waals surface area (Å²) in [4.78, 5) is 0. The molecule has 1 heterocycles. The maximum atomic E-state index is 12.0. The van der Waals surface area contributed by atoms with E-state index in [1.165, 1.54) is 25.7 Å². The number of nitrogens with one attached hydrogen (secondary N) is 2. The molecule has 18 heavy (non-hydrogen) atoms.